The molecule has 1 saturated heterocycles. The highest BCUT2D eigenvalue weighted by molar-refractivity contribution is 7.98. The lowest BCUT2D eigenvalue weighted by molar-refractivity contribution is -0.121. The van der Waals surface area contributed by atoms with E-state index in [1.165, 1.54) is 0 Å². The average Bonchev–Trinajstić information content (AvgIpc) is 2.84. The maximum Gasteiger partial charge on any atom is 0.163 e. The Hall–Kier alpha value is -1.37. The van der Waals surface area contributed by atoms with E-state index in [-0.39, 0.29) is 12.0 Å². The van der Waals surface area contributed by atoms with Crippen LogP contribution in [-0.4, -0.2) is 45.4 Å². The Labute approximate surface area is 128 Å². The number of ether oxygens (including phenoxy) is 1. The molecule has 0 bridgehead atoms. The molecule has 0 radical (unpaired) electrons. The first-order chi connectivity index (χ1) is 10.2. The van der Waals surface area contributed by atoms with Crippen molar-refractivity contribution in [2.75, 3.05) is 25.6 Å². The molecule has 1 aliphatic rings. The Balaban J connectivity index is 1.63. The van der Waals surface area contributed by atoms with Gasteiger partial charge in [-0.15, -0.1) is 10.2 Å². The molecule has 112 valence electrons. The molecule has 0 unspecified atom stereocenters. The molecule has 6 heteroatoms. The molecule has 3 rings (SSSR count). The van der Waals surface area contributed by atoms with Crippen LogP contribution in [0.4, 0.5) is 0 Å². The summed E-state index contributed by atoms with van der Waals surface area (Å²) < 4.78 is 7.24. The molecule has 0 amide bonds. The average molecular weight is 305 g/mol. The molecule has 1 aromatic carbocycles. The van der Waals surface area contributed by atoms with E-state index >= 15 is 0 Å². The first-order valence-corrected chi connectivity index (χ1v) is 8.10. The molecule has 1 aliphatic heterocycles. The summed E-state index contributed by atoms with van der Waals surface area (Å²) in [6.07, 6.45) is 0. The molecule has 0 atom stereocenters. The van der Waals surface area contributed by atoms with Crippen molar-refractivity contribution in [3.05, 3.63) is 36.2 Å². The van der Waals surface area contributed by atoms with Crippen molar-refractivity contribution in [1.29, 1.82) is 0 Å². The van der Waals surface area contributed by atoms with Crippen LogP contribution in [0.25, 0.3) is 11.4 Å². The van der Waals surface area contributed by atoms with Gasteiger partial charge in [-0.1, -0.05) is 30.3 Å². The fourth-order valence-corrected chi connectivity index (χ4v) is 3.52. The van der Waals surface area contributed by atoms with Crippen LogP contribution in [0.5, 0.6) is 0 Å². The number of rotatable bonds is 6. The zero-order valence-electron chi connectivity index (χ0n) is 12.0. The Kier molecular flexibility index (Phi) is 4.28. The van der Waals surface area contributed by atoms with Crippen LogP contribution in [0, 0.1) is 5.41 Å². The van der Waals surface area contributed by atoms with Crippen LogP contribution in [0.3, 0.4) is 0 Å². The lowest BCUT2D eigenvalue weighted by Gasteiger charge is -2.39. The predicted octanol–water partition coefficient (Wildman–Crippen LogP) is 1.72. The van der Waals surface area contributed by atoms with Crippen molar-refractivity contribution >= 4 is 11.8 Å². The molecule has 2 aromatic rings. The lowest BCUT2D eigenvalue weighted by atomic mass is 9.90. The van der Waals surface area contributed by atoms with Crippen LogP contribution >= 0.6 is 11.8 Å². The quantitative estimate of drug-likeness (QED) is 0.880. The molecule has 0 aliphatic carbocycles. The molecule has 1 aromatic heterocycles. The van der Waals surface area contributed by atoms with Crippen molar-refractivity contribution in [2.24, 2.45) is 12.5 Å². The van der Waals surface area contributed by atoms with E-state index in [1.54, 1.807) is 11.8 Å². The van der Waals surface area contributed by atoms with Gasteiger partial charge in [0.05, 0.1) is 25.6 Å². The molecule has 21 heavy (non-hydrogen) atoms. The third-order valence-electron chi connectivity index (χ3n) is 3.79. The van der Waals surface area contributed by atoms with E-state index in [0.717, 1.165) is 28.7 Å². The van der Waals surface area contributed by atoms with Gasteiger partial charge in [-0.25, -0.2) is 0 Å². The molecule has 5 nitrogen and oxygen atoms in total. The lowest BCUT2D eigenvalue weighted by Crippen LogP contribution is -2.47. The second-order valence-electron chi connectivity index (χ2n) is 5.51. The highest BCUT2D eigenvalue weighted by atomic mass is 32.2. The van der Waals surface area contributed by atoms with Gasteiger partial charge in [0, 0.05) is 23.8 Å². The Morgan fingerprint density at radius 3 is 2.67 bits per heavy atom. The minimum absolute atomic E-state index is 0.0501. The molecule has 1 N–H and O–H groups in total. The maximum atomic E-state index is 9.41. The molecular formula is C15H19N3O2S. The number of nitrogens with zero attached hydrogens (tertiary/aromatic N) is 3. The van der Waals surface area contributed by atoms with E-state index in [1.807, 2.05) is 41.9 Å². The number of hydrogen-bond acceptors (Lipinski definition) is 5. The van der Waals surface area contributed by atoms with E-state index in [2.05, 4.69) is 10.2 Å². The number of aliphatic hydroxyl groups excluding tert-OH is 1. The number of hydrogen-bond donors (Lipinski definition) is 1. The summed E-state index contributed by atoms with van der Waals surface area (Å²) >= 11 is 1.77. The van der Waals surface area contributed by atoms with Crippen molar-refractivity contribution in [2.45, 2.75) is 5.75 Å². The van der Waals surface area contributed by atoms with Gasteiger partial charge in [-0.2, -0.15) is 11.8 Å². The zero-order chi connectivity index (χ0) is 14.7. The topological polar surface area (TPSA) is 60.2 Å². The molecule has 2 heterocycles. The van der Waals surface area contributed by atoms with Gasteiger partial charge in [0.1, 0.15) is 5.82 Å². The number of aliphatic hydroxyl groups is 1. The van der Waals surface area contributed by atoms with Crippen molar-refractivity contribution in [3.8, 4) is 11.4 Å². The summed E-state index contributed by atoms with van der Waals surface area (Å²) in [5.74, 6) is 3.51. The standard InChI is InChI=1S/C15H19N3O2S/c1-18-13(7-21-11-15(8-19)9-20-10-15)16-17-14(18)12-5-3-2-4-6-12/h2-6,19H,7-11H2,1H3. The fraction of sp³-hybridized carbons (Fsp3) is 0.467. The monoisotopic (exact) mass is 305 g/mol. The normalized spacial score (nSPS) is 16.7. The SMILES string of the molecule is Cn1c(CSCC2(CO)COC2)nnc1-c1ccccc1. The van der Waals surface area contributed by atoms with Crippen LogP contribution in [0.15, 0.2) is 30.3 Å². The highest BCUT2D eigenvalue weighted by Crippen LogP contribution is 2.32. The summed E-state index contributed by atoms with van der Waals surface area (Å²) in [6.45, 7) is 1.50. The Bertz CT molecular complexity index is 591. The van der Waals surface area contributed by atoms with Gasteiger partial charge < -0.3 is 14.4 Å². The summed E-state index contributed by atoms with van der Waals surface area (Å²) in [5.41, 5.74) is 1.02. The largest absolute Gasteiger partial charge is 0.396 e. The summed E-state index contributed by atoms with van der Waals surface area (Å²) in [7, 11) is 1.99. The first-order valence-electron chi connectivity index (χ1n) is 6.94. The summed E-state index contributed by atoms with van der Waals surface area (Å²) in [6, 6.07) is 10.1. The van der Waals surface area contributed by atoms with Crippen molar-refractivity contribution in [1.82, 2.24) is 14.8 Å². The minimum atomic E-state index is -0.0501. The fourth-order valence-electron chi connectivity index (χ4n) is 2.30. The van der Waals surface area contributed by atoms with E-state index in [9.17, 15) is 5.11 Å². The molecule has 0 saturated carbocycles. The maximum absolute atomic E-state index is 9.41. The van der Waals surface area contributed by atoms with Gasteiger partial charge in [0.25, 0.3) is 0 Å². The molecular weight excluding hydrogens is 286 g/mol. The number of thioether (sulfide) groups is 1. The predicted molar refractivity (Wildman–Crippen MR) is 82.9 cm³/mol. The summed E-state index contributed by atoms with van der Waals surface area (Å²) in [4.78, 5) is 0. The Morgan fingerprint density at radius 1 is 1.29 bits per heavy atom. The third kappa shape index (κ3) is 2.97. The third-order valence-corrected chi connectivity index (χ3v) is 5.07. The van der Waals surface area contributed by atoms with Crippen molar-refractivity contribution in [3.63, 3.8) is 0 Å². The summed E-state index contributed by atoms with van der Waals surface area (Å²) in [5, 5.41) is 18.0. The van der Waals surface area contributed by atoms with Crippen LogP contribution in [0.2, 0.25) is 0 Å². The second kappa shape index (κ2) is 6.17. The highest BCUT2D eigenvalue weighted by Gasteiger charge is 2.37. The smallest absolute Gasteiger partial charge is 0.163 e. The van der Waals surface area contributed by atoms with Crippen molar-refractivity contribution < 1.29 is 9.84 Å². The second-order valence-corrected chi connectivity index (χ2v) is 6.49. The zero-order valence-corrected chi connectivity index (χ0v) is 12.8. The van der Waals surface area contributed by atoms with Gasteiger partial charge in [0.15, 0.2) is 5.82 Å². The van der Waals surface area contributed by atoms with Crippen LogP contribution in [0.1, 0.15) is 5.82 Å². The van der Waals surface area contributed by atoms with Gasteiger partial charge in [0.2, 0.25) is 0 Å². The molecule has 1 fully saturated rings. The first kappa shape index (κ1) is 14.6. The van der Waals surface area contributed by atoms with Crippen LogP contribution in [-0.2, 0) is 17.5 Å². The van der Waals surface area contributed by atoms with Gasteiger partial charge >= 0.3 is 0 Å². The number of benzene rings is 1. The van der Waals surface area contributed by atoms with Gasteiger partial charge in [-0.3, -0.25) is 0 Å². The van der Waals surface area contributed by atoms with E-state index < -0.39 is 0 Å². The Morgan fingerprint density at radius 2 is 2.05 bits per heavy atom. The minimum Gasteiger partial charge on any atom is -0.396 e. The molecule has 0 spiro atoms. The van der Waals surface area contributed by atoms with E-state index in [4.69, 9.17) is 4.74 Å². The van der Waals surface area contributed by atoms with Crippen LogP contribution < -0.4 is 0 Å². The van der Waals surface area contributed by atoms with E-state index in [0.29, 0.717) is 13.2 Å². The number of aromatic nitrogens is 3. The van der Waals surface area contributed by atoms with Gasteiger partial charge in [-0.05, 0) is 0 Å².